The average Bonchev–Trinajstić information content (AvgIpc) is 3.24. The second-order valence-corrected chi connectivity index (χ2v) is 7.44. The normalized spacial score (nSPS) is 15.0. The van der Waals surface area contributed by atoms with Crippen molar-refractivity contribution in [1.29, 1.82) is 0 Å². The van der Waals surface area contributed by atoms with Gasteiger partial charge in [-0.3, -0.25) is 4.79 Å². The molecule has 0 aliphatic heterocycles. The Morgan fingerprint density at radius 3 is 1.33 bits per heavy atom. The van der Waals surface area contributed by atoms with Crippen molar-refractivity contribution in [2.75, 3.05) is 0 Å². The third-order valence-corrected chi connectivity index (χ3v) is 4.86. The molecule has 0 radical (unpaired) electrons. The predicted molar refractivity (Wildman–Crippen MR) is 88.1 cm³/mol. The zero-order valence-corrected chi connectivity index (χ0v) is 17.6. The van der Waals surface area contributed by atoms with Crippen molar-refractivity contribution in [1.82, 2.24) is 9.78 Å². The van der Waals surface area contributed by atoms with E-state index in [-0.39, 0.29) is 0 Å². The molecule has 0 bridgehead atoms. The minimum absolute atomic E-state index is 0.526. The molecule has 0 N–H and O–H groups in total. The first kappa shape index (κ1) is 32.1. The molecule has 2 aromatic rings. The van der Waals surface area contributed by atoms with Crippen LogP contribution in [-0.2, 0) is 11.8 Å². The van der Waals surface area contributed by atoms with Gasteiger partial charge in [0.2, 0.25) is 0 Å². The molecule has 220 valence electrons. The molecule has 3 nitrogen and oxygen atoms in total. The molecule has 0 fully saturated rings. The average molecular weight is 608 g/mol. The highest BCUT2D eigenvalue weighted by atomic mass is 19.4. The highest BCUT2D eigenvalue weighted by Gasteiger charge is 2.84. The molecule has 0 unspecified atom stereocenters. The summed E-state index contributed by atoms with van der Waals surface area (Å²) in [5.74, 6) is -47.5. The summed E-state index contributed by atoms with van der Waals surface area (Å²) in [4.78, 5) is 12.4. The quantitative estimate of drug-likeness (QED) is 0.307. The van der Waals surface area contributed by atoms with Gasteiger partial charge in [-0.05, 0) is 18.2 Å². The maximum atomic E-state index is 14.5. The van der Waals surface area contributed by atoms with E-state index >= 15 is 0 Å². The molecular formula is C18H6F18N2O. The third kappa shape index (κ3) is 4.55. The summed E-state index contributed by atoms with van der Waals surface area (Å²) in [5.41, 5.74) is -7.95. The monoisotopic (exact) mass is 608 g/mol. The Morgan fingerprint density at radius 1 is 0.564 bits per heavy atom. The number of benzene rings is 1. The predicted octanol–water partition coefficient (Wildman–Crippen LogP) is 7.42. The van der Waals surface area contributed by atoms with Crippen molar-refractivity contribution in [3.8, 4) is 0 Å². The second kappa shape index (κ2) is 8.93. The molecule has 0 aliphatic rings. The van der Waals surface area contributed by atoms with Crippen LogP contribution in [0.2, 0.25) is 0 Å². The number of carbonyl (C=O) groups excluding carboxylic acids is 1. The van der Waals surface area contributed by atoms with Crippen LogP contribution in [0.4, 0.5) is 79.0 Å². The van der Waals surface area contributed by atoms with E-state index in [1.807, 2.05) is 5.10 Å². The number of halogens is 18. The first-order valence-corrected chi connectivity index (χ1v) is 9.21. The van der Waals surface area contributed by atoms with E-state index in [1.165, 1.54) is 0 Å². The summed E-state index contributed by atoms with van der Waals surface area (Å²) in [5, 5.41) is 1.94. The molecule has 0 amide bonds. The van der Waals surface area contributed by atoms with Crippen molar-refractivity contribution in [2.24, 2.45) is 0 Å². The molecule has 1 heterocycles. The van der Waals surface area contributed by atoms with Gasteiger partial charge in [-0.15, -0.1) is 0 Å². The number of alkyl halides is 18. The Balaban J connectivity index is 2.92. The Kier molecular flexibility index (Phi) is 7.34. The number of rotatable bonds is 7. The molecule has 1 aromatic heterocycles. The zero-order valence-electron chi connectivity index (χ0n) is 17.6. The summed E-state index contributed by atoms with van der Waals surface area (Å²) in [6.45, 7) is 0. The zero-order chi connectivity index (χ0) is 30.8. The van der Waals surface area contributed by atoms with E-state index < -0.39 is 81.5 Å². The smallest absolute Gasteiger partial charge is 0.267 e. The fraction of sp³-hybridized carbons (Fsp3) is 0.444. The summed E-state index contributed by atoms with van der Waals surface area (Å²) in [7, 11) is 0. The summed E-state index contributed by atoms with van der Waals surface area (Å²) >= 11 is 0. The Morgan fingerprint density at radius 2 is 0.949 bits per heavy atom. The topological polar surface area (TPSA) is 34.9 Å². The number of nitrogens with zero attached hydrogens (tertiary/aromatic N) is 2. The van der Waals surface area contributed by atoms with Gasteiger partial charge in [-0.1, -0.05) is 18.2 Å². The molecule has 0 saturated carbocycles. The largest absolute Gasteiger partial charge is 0.460 e. The molecule has 0 aliphatic carbocycles. The highest BCUT2D eigenvalue weighted by Crippen LogP contribution is 2.59. The first-order chi connectivity index (χ1) is 17.1. The molecule has 2 rings (SSSR count). The van der Waals surface area contributed by atoms with Gasteiger partial charge in [-0.2, -0.15) is 88.8 Å². The lowest BCUT2D eigenvalue weighted by atomic mass is 9.98. The van der Waals surface area contributed by atoms with E-state index in [0.29, 0.717) is 12.1 Å². The lowest BCUT2D eigenvalue weighted by Gasteiger charge is -2.33. The maximum absolute atomic E-state index is 14.5. The van der Waals surface area contributed by atoms with Crippen molar-refractivity contribution < 1.29 is 83.8 Å². The van der Waals surface area contributed by atoms with Gasteiger partial charge >= 0.3 is 47.9 Å². The van der Waals surface area contributed by atoms with E-state index in [1.54, 1.807) is 0 Å². The van der Waals surface area contributed by atoms with Gasteiger partial charge in [0.15, 0.2) is 0 Å². The maximum Gasteiger partial charge on any atom is 0.460 e. The Labute approximate surface area is 202 Å². The molecule has 0 saturated heterocycles. The van der Waals surface area contributed by atoms with E-state index in [2.05, 4.69) is 0 Å². The van der Waals surface area contributed by atoms with Crippen LogP contribution in [0.5, 0.6) is 0 Å². The highest BCUT2D eigenvalue weighted by molar-refractivity contribution is 5.95. The van der Waals surface area contributed by atoms with Crippen LogP contribution in [-0.4, -0.2) is 51.7 Å². The molecule has 0 atom stereocenters. The number of carbonyl (C=O) groups is 1. The molecule has 1 aromatic carbocycles. The van der Waals surface area contributed by atoms with Crippen LogP contribution >= 0.6 is 0 Å². The minimum Gasteiger partial charge on any atom is -0.267 e. The molecule has 0 spiro atoms. The van der Waals surface area contributed by atoms with Gasteiger partial charge in [0.25, 0.3) is 5.91 Å². The van der Waals surface area contributed by atoms with Gasteiger partial charge in [-0.25, -0.2) is 0 Å². The van der Waals surface area contributed by atoms with Crippen LogP contribution in [0, 0.1) is 0 Å². The van der Waals surface area contributed by atoms with Crippen LogP contribution in [0.3, 0.4) is 0 Å². The van der Waals surface area contributed by atoms with Crippen LogP contribution in [0.1, 0.15) is 21.7 Å². The van der Waals surface area contributed by atoms with Crippen LogP contribution in [0.15, 0.2) is 36.4 Å². The van der Waals surface area contributed by atoms with E-state index in [9.17, 15) is 83.8 Å². The minimum atomic E-state index is -7.73. The van der Waals surface area contributed by atoms with Gasteiger partial charge in [0.05, 0.1) is 0 Å². The summed E-state index contributed by atoms with van der Waals surface area (Å²) in [6, 6.07) is 2.15. The van der Waals surface area contributed by atoms with Crippen molar-refractivity contribution in [3.63, 3.8) is 0 Å². The lowest BCUT2D eigenvalue weighted by molar-refractivity contribution is -0.400. The fourth-order valence-corrected chi connectivity index (χ4v) is 2.69. The number of aromatic nitrogens is 2. The van der Waals surface area contributed by atoms with Gasteiger partial charge in [0, 0.05) is 5.56 Å². The van der Waals surface area contributed by atoms with Crippen molar-refractivity contribution in [3.05, 3.63) is 53.3 Å². The number of hydrogen-bond acceptors (Lipinski definition) is 2. The van der Waals surface area contributed by atoms with E-state index in [4.69, 9.17) is 0 Å². The van der Waals surface area contributed by atoms with Gasteiger partial charge in [0.1, 0.15) is 11.4 Å². The first-order valence-electron chi connectivity index (χ1n) is 9.21. The third-order valence-electron chi connectivity index (χ3n) is 4.86. The van der Waals surface area contributed by atoms with Crippen molar-refractivity contribution >= 4 is 5.91 Å². The molecule has 21 heteroatoms. The van der Waals surface area contributed by atoms with E-state index in [0.717, 1.165) is 18.2 Å². The fourth-order valence-electron chi connectivity index (χ4n) is 2.69. The van der Waals surface area contributed by atoms with Crippen LogP contribution < -0.4 is 0 Å². The standard InChI is InChI=1S/C18H6F18N2O/c19-11(20,13(23,24)15(27,28)17(31,32)33)8-6-9(38(37-8)10(39)7-4-2-1-3-5-7)12(21,22)14(25,26)16(29,30)18(34,35)36/h1-6H. The summed E-state index contributed by atoms with van der Waals surface area (Å²) in [6.07, 6.45) is -15.0. The second-order valence-electron chi connectivity index (χ2n) is 7.44. The van der Waals surface area contributed by atoms with Crippen molar-refractivity contribution in [2.45, 2.75) is 47.9 Å². The SMILES string of the molecule is O=C(c1ccccc1)n1nc(C(F)(F)C(F)(F)C(F)(F)C(F)(F)F)cc1C(F)(F)C(F)(F)C(F)(F)C(F)(F)F. The lowest BCUT2D eigenvalue weighted by Crippen LogP contribution is -2.60. The molecular weight excluding hydrogens is 602 g/mol. The van der Waals surface area contributed by atoms with Crippen LogP contribution in [0.25, 0.3) is 0 Å². The summed E-state index contributed by atoms with van der Waals surface area (Å²) < 4.78 is 239. The van der Waals surface area contributed by atoms with Gasteiger partial charge < -0.3 is 0 Å². The molecule has 39 heavy (non-hydrogen) atoms. The Bertz CT molecular complexity index is 1210. The number of hydrogen-bond donors (Lipinski definition) is 0. The Hall–Kier alpha value is -3.16.